The third-order valence-electron chi connectivity index (χ3n) is 2.76. The van der Waals surface area contributed by atoms with Crippen LogP contribution in [0.2, 0.25) is 0 Å². The summed E-state index contributed by atoms with van der Waals surface area (Å²) in [4.78, 5) is 8.78. The van der Waals surface area contributed by atoms with Crippen molar-refractivity contribution in [1.29, 1.82) is 0 Å². The normalized spacial score (nSPS) is 10.8. The first kappa shape index (κ1) is 11.9. The molecule has 0 aliphatic heterocycles. The lowest BCUT2D eigenvalue weighted by Crippen LogP contribution is -1.94. The van der Waals surface area contributed by atoms with Crippen LogP contribution in [-0.2, 0) is 6.42 Å². The first-order valence-corrected chi connectivity index (χ1v) is 6.86. The van der Waals surface area contributed by atoms with Gasteiger partial charge in [0, 0.05) is 16.6 Å². The number of hydrogen-bond donors (Lipinski definition) is 1. The van der Waals surface area contributed by atoms with Crippen LogP contribution in [0.4, 0.5) is 5.69 Å². The summed E-state index contributed by atoms with van der Waals surface area (Å²) in [5.74, 6) is 0.674. The monoisotopic (exact) mass is 271 g/mol. The van der Waals surface area contributed by atoms with E-state index in [0.29, 0.717) is 5.82 Å². The van der Waals surface area contributed by atoms with Gasteiger partial charge in [0.25, 0.3) is 0 Å². The van der Waals surface area contributed by atoms with Gasteiger partial charge in [0.15, 0.2) is 5.82 Å². The summed E-state index contributed by atoms with van der Waals surface area (Å²) in [5, 5.41) is 7.32. The third-order valence-corrected chi connectivity index (χ3v) is 3.64. The van der Waals surface area contributed by atoms with Gasteiger partial charge >= 0.3 is 0 Å². The van der Waals surface area contributed by atoms with E-state index in [0.717, 1.165) is 28.5 Å². The molecule has 1 aromatic carbocycles. The second kappa shape index (κ2) is 4.81. The molecule has 3 aromatic rings. The fraction of sp³-hybridized carbons (Fsp3) is 0.154. The minimum atomic E-state index is 0.674. The quantitative estimate of drug-likeness (QED) is 0.743. The second-order valence-electron chi connectivity index (χ2n) is 4.11. The molecule has 0 amide bonds. The molecule has 0 saturated heterocycles. The Hall–Kier alpha value is -2.21. The van der Waals surface area contributed by atoms with Gasteiger partial charge in [-0.3, -0.25) is 0 Å². The van der Waals surface area contributed by atoms with E-state index >= 15 is 0 Å². The van der Waals surface area contributed by atoms with E-state index in [-0.39, 0.29) is 0 Å². The predicted octanol–water partition coefficient (Wildman–Crippen LogP) is 2.54. The van der Waals surface area contributed by atoms with Crippen LogP contribution in [-0.4, -0.2) is 19.7 Å². The number of rotatable bonds is 3. The minimum absolute atomic E-state index is 0.674. The maximum Gasteiger partial charge on any atom is 0.212 e. The number of aromatic nitrogens is 4. The first-order valence-electron chi connectivity index (χ1n) is 5.98. The van der Waals surface area contributed by atoms with Crippen molar-refractivity contribution >= 4 is 17.0 Å². The van der Waals surface area contributed by atoms with Crippen molar-refractivity contribution in [2.45, 2.75) is 13.3 Å². The standard InChI is InChI=1S/C13H13N5S/c1-2-11-7-19-13(16-11)18-8-15-12(17-18)9-3-5-10(14)6-4-9/h3-8H,2,14H2,1H3. The fourth-order valence-corrected chi connectivity index (χ4v) is 2.51. The van der Waals surface area contributed by atoms with Crippen LogP contribution >= 0.6 is 11.3 Å². The average molecular weight is 271 g/mol. The van der Waals surface area contributed by atoms with Gasteiger partial charge in [-0.05, 0) is 30.7 Å². The summed E-state index contributed by atoms with van der Waals surface area (Å²) in [5.41, 5.74) is 8.42. The average Bonchev–Trinajstić information content (AvgIpc) is 3.08. The van der Waals surface area contributed by atoms with Gasteiger partial charge in [-0.25, -0.2) is 9.97 Å². The number of hydrogen-bond acceptors (Lipinski definition) is 5. The molecule has 0 unspecified atom stereocenters. The van der Waals surface area contributed by atoms with Gasteiger partial charge in [0.2, 0.25) is 5.13 Å². The van der Waals surface area contributed by atoms with Gasteiger partial charge in [0.05, 0.1) is 5.69 Å². The Kier molecular flexibility index (Phi) is 3.00. The van der Waals surface area contributed by atoms with Gasteiger partial charge < -0.3 is 5.73 Å². The number of aryl methyl sites for hydroxylation is 1. The van der Waals surface area contributed by atoms with Crippen molar-refractivity contribution < 1.29 is 0 Å². The fourth-order valence-electron chi connectivity index (χ4n) is 1.68. The molecule has 0 aliphatic carbocycles. The molecule has 0 atom stereocenters. The Labute approximate surface area is 114 Å². The summed E-state index contributed by atoms with van der Waals surface area (Å²) in [6, 6.07) is 7.51. The summed E-state index contributed by atoms with van der Waals surface area (Å²) in [6.45, 7) is 2.08. The van der Waals surface area contributed by atoms with Gasteiger partial charge in [-0.2, -0.15) is 4.68 Å². The maximum absolute atomic E-state index is 5.66. The van der Waals surface area contributed by atoms with E-state index in [4.69, 9.17) is 5.73 Å². The molecule has 0 aliphatic rings. The maximum atomic E-state index is 5.66. The predicted molar refractivity (Wildman–Crippen MR) is 76.3 cm³/mol. The van der Waals surface area contributed by atoms with Crippen molar-refractivity contribution in [1.82, 2.24) is 19.7 Å². The molecular weight excluding hydrogens is 258 g/mol. The van der Waals surface area contributed by atoms with E-state index < -0.39 is 0 Å². The Bertz CT molecular complexity index is 683. The van der Waals surface area contributed by atoms with Gasteiger partial charge in [0.1, 0.15) is 6.33 Å². The smallest absolute Gasteiger partial charge is 0.212 e. The molecule has 0 bridgehead atoms. The molecule has 0 radical (unpaired) electrons. The largest absolute Gasteiger partial charge is 0.399 e. The highest BCUT2D eigenvalue weighted by atomic mass is 32.1. The van der Waals surface area contributed by atoms with Gasteiger partial charge in [-0.1, -0.05) is 6.92 Å². The van der Waals surface area contributed by atoms with Crippen LogP contribution in [0.5, 0.6) is 0 Å². The van der Waals surface area contributed by atoms with Crippen molar-refractivity contribution in [2.75, 3.05) is 5.73 Å². The Morgan fingerprint density at radius 1 is 1.26 bits per heavy atom. The molecule has 0 fully saturated rings. The topological polar surface area (TPSA) is 69.6 Å². The van der Waals surface area contributed by atoms with Crippen LogP contribution in [0.1, 0.15) is 12.6 Å². The van der Waals surface area contributed by atoms with E-state index in [1.807, 2.05) is 29.6 Å². The van der Waals surface area contributed by atoms with E-state index in [1.165, 1.54) is 0 Å². The summed E-state index contributed by atoms with van der Waals surface area (Å²) in [6.07, 6.45) is 2.61. The zero-order chi connectivity index (χ0) is 13.2. The summed E-state index contributed by atoms with van der Waals surface area (Å²) >= 11 is 1.57. The highest BCUT2D eigenvalue weighted by Gasteiger charge is 2.08. The molecule has 5 nitrogen and oxygen atoms in total. The van der Waals surface area contributed by atoms with Gasteiger partial charge in [-0.15, -0.1) is 16.4 Å². The molecule has 0 saturated carbocycles. The highest BCUT2D eigenvalue weighted by Crippen LogP contribution is 2.19. The zero-order valence-electron chi connectivity index (χ0n) is 10.4. The number of nitrogens with two attached hydrogens (primary N) is 1. The molecule has 2 heterocycles. The first-order chi connectivity index (χ1) is 9.26. The van der Waals surface area contributed by atoms with E-state index in [1.54, 1.807) is 22.3 Å². The highest BCUT2D eigenvalue weighted by molar-refractivity contribution is 7.12. The molecular formula is C13H13N5S. The van der Waals surface area contributed by atoms with Crippen LogP contribution in [0.15, 0.2) is 36.0 Å². The lowest BCUT2D eigenvalue weighted by Gasteiger charge is -1.96. The Morgan fingerprint density at radius 3 is 2.74 bits per heavy atom. The van der Waals surface area contributed by atoms with Crippen LogP contribution in [0, 0.1) is 0 Å². The molecule has 19 heavy (non-hydrogen) atoms. The SMILES string of the molecule is CCc1csc(-n2cnc(-c3ccc(N)cc3)n2)n1. The van der Waals surface area contributed by atoms with Crippen LogP contribution < -0.4 is 5.73 Å². The summed E-state index contributed by atoms with van der Waals surface area (Å²) in [7, 11) is 0. The number of nitrogen functional groups attached to an aromatic ring is 1. The molecule has 96 valence electrons. The van der Waals surface area contributed by atoms with Crippen LogP contribution in [0.3, 0.4) is 0 Å². The number of anilines is 1. The zero-order valence-corrected chi connectivity index (χ0v) is 11.3. The molecule has 2 aromatic heterocycles. The lowest BCUT2D eigenvalue weighted by atomic mass is 10.2. The Morgan fingerprint density at radius 2 is 2.05 bits per heavy atom. The van der Waals surface area contributed by atoms with Crippen molar-refractivity contribution in [3.63, 3.8) is 0 Å². The van der Waals surface area contributed by atoms with Crippen molar-refractivity contribution in [2.24, 2.45) is 0 Å². The second-order valence-corrected chi connectivity index (χ2v) is 4.95. The van der Waals surface area contributed by atoms with Crippen molar-refractivity contribution in [3.05, 3.63) is 41.7 Å². The Balaban J connectivity index is 1.92. The van der Waals surface area contributed by atoms with E-state index in [9.17, 15) is 0 Å². The number of thiazole rings is 1. The molecule has 2 N–H and O–H groups in total. The van der Waals surface area contributed by atoms with Crippen LogP contribution in [0.25, 0.3) is 16.5 Å². The van der Waals surface area contributed by atoms with E-state index in [2.05, 4.69) is 22.0 Å². The molecule has 0 spiro atoms. The third kappa shape index (κ3) is 2.34. The molecule has 3 rings (SSSR count). The number of nitrogens with zero attached hydrogens (tertiary/aromatic N) is 4. The lowest BCUT2D eigenvalue weighted by molar-refractivity contribution is 0.860. The summed E-state index contributed by atoms with van der Waals surface area (Å²) < 4.78 is 1.70. The minimum Gasteiger partial charge on any atom is -0.399 e. The van der Waals surface area contributed by atoms with Crippen molar-refractivity contribution in [3.8, 4) is 16.5 Å². The number of benzene rings is 1. The molecule has 6 heteroatoms.